The molecule has 0 fully saturated rings. The van der Waals surface area contributed by atoms with Crippen LogP contribution in [0, 0.1) is 3.57 Å². The highest BCUT2D eigenvalue weighted by atomic mass is 127. The van der Waals surface area contributed by atoms with Crippen LogP contribution in [-0.4, -0.2) is 18.8 Å². The van der Waals surface area contributed by atoms with Crippen molar-refractivity contribution in [3.63, 3.8) is 0 Å². The number of carbonyl (C=O) groups excluding carboxylic acids is 1. The normalized spacial score (nSPS) is 10.0. The molecule has 1 rings (SSSR count). The van der Waals surface area contributed by atoms with Crippen molar-refractivity contribution in [2.75, 3.05) is 13.0 Å². The van der Waals surface area contributed by atoms with E-state index in [-0.39, 0.29) is 11.7 Å². The Bertz CT molecular complexity index is 366. The first kappa shape index (κ1) is 12.1. The molecule has 0 radical (unpaired) electrons. The van der Waals surface area contributed by atoms with Crippen LogP contribution < -0.4 is 4.74 Å². The van der Waals surface area contributed by atoms with E-state index in [1.165, 1.54) is 7.11 Å². The summed E-state index contributed by atoms with van der Waals surface area (Å²) in [5.74, 6) is 0.159. The molecule has 0 unspecified atom stereocenters. The second-order valence-electron chi connectivity index (χ2n) is 2.49. The number of halogens is 3. The van der Waals surface area contributed by atoms with Crippen molar-refractivity contribution in [1.29, 1.82) is 0 Å². The third-order valence-electron chi connectivity index (χ3n) is 1.66. The maximum Gasteiger partial charge on any atom is 0.182 e. The van der Waals surface area contributed by atoms with Gasteiger partial charge in [0.2, 0.25) is 0 Å². The Morgan fingerprint density at radius 1 is 1.57 bits per heavy atom. The number of hydrogen-bond acceptors (Lipinski definition) is 2. The number of ether oxygens (including phenoxy) is 1. The number of hydrogen-bond donors (Lipinski definition) is 0. The van der Waals surface area contributed by atoms with Gasteiger partial charge in [-0.1, -0.05) is 11.6 Å². The molecule has 14 heavy (non-hydrogen) atoms. The Morgan fingerprint density at radius 3 is 2.71 bits per heavy atom. The largest absolute Gasteiger partial charge is 0.495 e. The van der Waals surface area contributed by atoms with Crippen LogP contribution in [0.1, 0.15) is 10.4 Å². The summed E-state index contributed by atoms with van der Waals surface area (Å²) in [6.45, 7) is 0. The predicted octanol–water partition coefficient (Wildman–Crippen LogP) is 3.37. The molecule has 2 nitrogen and oxygen atoms in total. The summed E-state index contributed by atoms with van der Waals surface area (Å²) in [6.07, 6.45) is 0. The zero-order valence-corrected chi connectivity index (χ0v) is 11.0. The van der Waals surface area contributed by atoms with Crippen molar-refractivity contribution in [2.45, 2.75) is 0 Å². The van der Waals surface area contributed by atoms with Crippen LogP contribution in [0.25, 0.3) is 0 Å². The topological polar surface area (TPSA) is 26.3 Å². The maximum absolute atomic E-state index is 11.5. The lowest BCUT2D eigenvalue weighted by Crippen LogP contribution is -2.05. The smallest absolute Gasteiger partial charge is 0.182 e. The molecular weight excluding hydrogens is 338 g/mol. The van der Waals surface area contributed by atoms with Gasteiger partial charge in [0.15, 0.2) is 5.78 Å². The van der Waals surface area contributed by atoms with Crippen molar-refractivity contribution in [3.8, 4) is 5.75 Å². The van der Waals surface area contributed by atoms with E-state index in [0.717, 1.165) is 3.57 Å². The van der Waals surface area contributed by atoms with Crippen LogP contribution >= 0.6 is 45.8 Å². The Labute approximate surface area is 106 Å². The molecular formula is C9H7Cl2IO2. The third-order valence-corrected chi connectivity index (χ3v) is 3.07. The summed E-state index contributed by atoms with van der Waals surface area (Å²) < 4.78 is 5.94. The van der Waals surface area contributed by atoms with Gasteiger partial charge in [-0.25, -0.2) is 0 Å². The Balaban J connectivity index is 3.37. The average molecular weight is 345 g/mol. The number of carbonyl (C=O) groups is 1. The van der Waals surface area contributed by atoms with Crippen molar-refractivity contribution in [1.82, 2.24) is 0 Å². The molecule has 0 atom stereocenters. The molecule has 0 heterocycles. The van der Waals surface area contributed by atoms with Crippen LogP contribution in [0.3, 0.4) is 0 Å². The Morgan fingerprint density at radius 2 is 2.21 bits per heavy atom. The first-order valence-corrected chi connectivity index (χ1v) is 5.72. The van der Waals surface area contributed by atoms with Crippen molar-refractivity contribution in [2.24, 2.45) is 0 Å². The van der Waals surface area contributed by atoms with E-state index in [1.54, 1.807) is 12.1 Å². The predicted molar refractivity (Wildman–Crippen MR) is 65.8 cm³/mol. The summed E-state index contributed by atoms with van der Waals surface area (Å²) in [5.41, 5.74) is 0.357. The van der Waals surface area contributed by atoms with E-state index >= 15 is 0 Å². The van der Waals surface area contributed by atoms with Crippen LogP contribution in [0.2, 0.25) is 5.02 Å². The molecule has 0 aliphatic heterocycles. The first-order chi connectivity index (χ1) is 6.61. The van der Waals surface area contributed by atoms with Gasteiger partial charge < -0.3 is 4.74 Å². The Hall–Kier alpha value is -0.000000000000000111. The van der Waals surface area contributed by atoms with Gasteiger partial charge in [0.1, 0.15) is 5.75 Å². The number of alkyl halides is 1. The van der Waals surface area contributed by atoms with Gasteiger partial charge in [-0.3, -0.25) is 4.79 Å². The van der Waals surface area contributed by atoms with Crippen molar-refractivity contribution < 1.29 is 9.53 Å². The number of rotatable bonds is 3. The molecule has 1 aromatic rings. The zero-order chi connectivity index (χ0) is 10.7. The van der Waals surface area contributed by atoms with Crippen LogP contribution in [0.4, 0.5) is 0 Å². The lowest BCUT2D eigenvalue weighted by Gasteiger charge is -2.09. The molecule has 5 heteroatoms. The molecule has 1 aromatic carbocycles. The van der Waals surface area contributed by atoms with Crippen LogP contribution in [-0.2, 0) is 0 Å². The highest BCUT2D eigenvalue weighted by Gasteiger charge is 2.17. The van der Waals surface area contributed by atoms with E-state index < -0.39 is 0 Å². The second kappa shape index (κ2) is 5.19. The first-order valence-electron chi connectivity index (χ1n) is 3.73. The standard InChI is InChI=1S/C9H7Cl2IO2/c1-14-9-6(12)3-2-5(11)8(9)7(13)4-10/h2-3H,4H2,1H3. The van der Waals surface area contributed by atoms with Crippen LogP contribution in [0.5, 0.6) is 5.75 Å². The summed E-state index contributed by atoms with van der Waals surface area (Å²) >= 11 is 13.4. The molecule has 0 aliphatic carbocycles. The van der Waals surface area contributed by atoms with E-state index in [1.807, 2.05) is 0 Å². The van der Waals surface area contributed by atoms with Crippen LogP contribution in [0.15, 0.2) is 12.1 Å². The fourth-order valence-corrected chi connectivity index (χ4v) is 2.12. The molecule has 76 valence electrons. The molecule has 0 spiro atoms. The Kier molecular flexibility index (Phi) is 4.47. The quantitative estimate of drug-likeness (QED) is 0.477. The van der Waals surface area contributed by atoms with Gasteiger partial charge in [-0.15, -0.1) is 11.6 Å². The summed E-state index contributed by atoms with van der Waals surface area (Å²) in [4.78, 5) is 11.5. The maximum atomic E-state index is 11.5. The van der Waals surface area contributed by atoms with Gasteiger partial charge in [0.05, 0.1) is 27.1 Å². The molecule has 0 N–H and O–H groups in total. The fraction of sp³-hybridized carbons (Fsp3) is 0.222. The third kappa shape index (κ3) is 2.32. The number of ketones is 1. The summed E-state index contributed by atoms with van der Waals surface area (Å²) in [5, 5.41) is 0.368. The van der Waals surface area contributed by atoms with Gasteiger partial charge in [-0.05, 0) is 34.7 Å². The summed E-state index contributed by atoms with van der Waals surface area (Å²) in [6, 6.07) is 3.44. The molecule has 0 saturated carbocycles. The highest BCUT2D eigenvalue weighted by molar-refractivity contribution is 14.1. The minimum Gasteiger partial charge on any atom is -0.495 e. The fourth-order valence-electron chi connectivity index (χ4n) is 1.06. The second-order valence-corrected chi connectivity index (χ2v) is 4.33. The van der Waals surface area contributed by atoms with E-state index in [4.69, 9.17) is 27.9 Å². The van der Waals surface area contributed by atoms with E-state index in [2.05, 4.69) is 22.6 Å². The van der Waals surface area contributed by atoms with Gasteiger partial charge in [0, 0.05) is 0 Å². The SMILES string of the molecule is COc1c(I)ccc(Cl)c1C(=O)CCl. The van der Waals surface area contributed by atoms with E-state index in [9.17, 15) is 4.79 Å². The van der Waals surface area contributed by atoms with Crippen molar-refractivity contribution in [3.05, 3.63) is 26.3 Å². The minimum atomic E-state index is -0.230. The minimum absolute atomic E-state index is 0.101. The number of Topliss-reactive ketones (excluding diaryl/α,β-unsaturated/α-hetero) is 1. The number of benzene rings is 1. The number of methoxy groups -OCH3 is 1. The molecule has 0 saturated heterocycles. The summed E-state index contributed by atoms with van der Waals surface area (Å²) in [7, 11) is 1.50. The van der Waals surface area contributed by atoms with Crippen molar-refractivity contribution >= 4 is 51.6 Å². The molecule has 0 aliphatic rings. The van der Waals surface area contributed by atoms with Gasteiger partial charge >= 0.3 is 0 Å². The molecule has 0 aromatic heterocycles. The lowest BCUT2D eigenvalue weighted by molar-refractivity contribution is 0.101. The molecule has 0 bridgehead atoms. The highest BCUT2D eigenvalue weighted by Crippen LogP contribution is 2.31. The zero-order valence-electron chi connectivity index (χ0n) is 7.31. The van der Waals surface area contributed by atoms with E-state index in [0.29, 0.717) is 16.3 Å². The molecule has 0 amide bonds. The average Bonchev–Trinajstić information content (AvgIpc) is 2.19. The van der Waals surface area contributed by atoms with Gasteiger partial charge in [0.25, 0.3) is 0 Å². The lowest BCUT2D eigenvalue weighted by atomic mass is 10.1. The monoisotopic (exact) mass is 344 g/mol. The van der Waals surface area contributed by atoms with Gasteiger partial charge in [-0.2, -0.15) is 0 Å².